The highest BCUT2D eigenvalue weighted by Crippen LogP contribution is 2.28. The van der Waals surface area contributed by atoms with Crippen LogP contribution in [0.4, 0.5) is 5.69 Å². The van der Waals surface area contributed by atoms with Gasteiger partial charge in [-0.25, -0.2) is 4.79 Å². The lowest BCUT2D eigenvalue weighted by molar-refractivity contribution is -0.114. The lowest BCUT2D eigenvalue weighted by atomic mass is 9.95. The Morgan fingerprint density at radius 2 is 1.95 bits per heavy atom. The van der Waals surface area contributed by atoms with Gasteiger partial charge >= 0.3 is 5.97 Å². The molecule has 1 aromatic rings. The molecule has 4 N–H and O–H groups in total. The van der Waals surface area contributed by atoms with Crippen LogP contribution in [-0.4, -0.2) is 40.1 Å². The zero-order chi connectivity index (χ0) is 15.6. The fourth-order valence-corrected chi connectivity index (χ4v) is 2.37. The van der Waals surface area contributed by atoms with E-state index < -0.39 is 23.4 Å². The Kier molecular flexibility index (Phi) is 4.06. The summed E-state index contributed by atoms with van der Waals surface area (Å²) in [6, 6.07) is 4.08. The molecular weight excluding hydrogens is 276 g/mol. The van der Waals surface area contributed by atoms with E-state index in [0.29, 0.717) is 13.0 Å². The molecule has 7 nitrogen and oxygen atoms in total. The van der Waals surface area contributed by atoms with Crippen LogP contribution in [0.3, 0.4) is 0 Å². The molecule has 1 saturated heterocycles. The normalized spacial score (nSPS) is 21.0. The number of amides is 1. The van der Waals surface area contributed by atoms with E-state index in [1.165, 1.54) is 25.1 Å². The van der Waals surface area contributed by atoms with Gasteiger partial charge in [-0.15, -0.1) is 0 Å². The maximum absolute atomic E-state index is 12.5. The van der Waals surface area contributed by atoms with Crippen LogP contribution in [-0.2, 0) is 4.79 Å². The Balaban J connectivity index is 2.52. The van der Waals surface area contributed by atoms with Gasteiger partial charge in [-0.2, -0.15) is 0 Å². The number of carboxylic acids is 1. The van der Waals surface area contributed by atoms with Crippen molar-refractivity contribution in [1.82, 2.24) is 5.32 Å². The molecule has 1 aromatic carbocycles. The highest BCUT2D eigenvalue weighted by atomic mass is 16.4. The molecule has 0 aliphatic carbocycles. The average Bonchev–Trinajstić information content (AvgIpc) is 2.85. The van der Waals surface area contributed by atoms with Gasteiger partial charge in [0.2, 0.25) is 11.7 Å². The van der Waals surface area contributed by atoms with Crippen molar-refractivity contribution in [2.45, 2.75) is 25.5 Å². The Labute approximate surface area is 121 Å². The number of carbonyl (C=O) groups is 3. The third-order valence-corrected chi connectivity index (χ3v) is 3.35. The van der Waals surface area contributed by atoms with Crippen molar-refractivity contribution in [3.63, 3.8) is 0 Å². The fourth-order valence-electron chi connectivity index (χ4n) is 2.37. The maximum Gasteiger partial charge on any atom is 0.337 e. The fraction of sp³-hybridized carbons (Fsp3) is 0.357. The summed E-state index contributed by atoms with van der Waals surface area (Å²) in [6.07, 6.45) is 0.874. The Bertz CT molecular complexity index is 605. The number of carbonyl (C=O) groups excluding carboxylic acids is 2. The predicted octanol–water partition coefficient (Wildman–Crippen LogP) is 0.598. The summed E-state index contributed by atoms with van der Waals surface area (Å²) in [5, 5.41) is 24.5. The summed E-state index contributed by atoms with van der Waals surface area (Å²) < 4.78 is 0. The number of rotatable bonds is 4. The second-order valence-electron chi connectivity index (χ2n) is 4.93. The van der Waals surface area contributed by atoms with Crippen LogP contribution in [0.2, 0.25) is 0 Å². The minimum absolute atomic E-state index is 0.0259. The molecule has 21 heavy (non-hydrogen) atoms. The van der Waals surface area contributed by atoms with Crippen molar-refractivity contribution < 1.29 is 24.6 Å². The van der Waals surface area contributed by atoms with Crippen LogP contribution in [0.1, 0.15) is 40.5 Å². The van der Waals surface area contributed by atoms with E-state index in [2.05, 4.69) is 10.6 Å². The molecule has 0 aromatic heterocycles. The summed E-state index contributed by atoms with van der Waals surface area (Å²) in [4.78, 5) is 35.0. The SMILES string of the molecule is CC(=O)Nc1c(C(=O)O)cccc1C(=O)C1(O)CCCN1. The first kappa shape index (κ1) is 15.1. The number of ketones is 1. The largest absolute Gasteiger partial charge is 0.478 e. The number of Topliss-reactive ketones (excluding diaryl/α,β-unsaturated/α-hetero) is 1. The zero-order valence-electron chi connectivity index (χ0n) is 11.5. The van der Waals surface area contributed by atoms with E-state index in [1.54, 1.807) is 0 Å². The van der Waals surface area contributed by atoms with Crippen LogP contribution in [0.5, 0.6) is 0 Å². The van der Waals surface area contributed by atoms with Crippen LogP contribution < -0.4 is 10.6 Å². The van der Waals surface area contributed by atoms with Crippen LogP contribution in [0.15, 0.2) is 18.2 Å². The van der Waals surface area contributed by atoms with Gasteiger partial charge in [0.25, 0.3) is 0 Å². The molecule has 1 heterocycles. The number of benzene rings is 1. The van der Waals surface area contributed by atoms with Crippen molar-refractivity contribution in [2.75, 3.05) is 11.9 Å². The van der Waals surface area contributed by atoms with E-state index in [4.69, 9.17) is 0 Å². The summed E-state index contributed by atoms with van der Waals surface area (Å²) in [5.74, 6) is -2.41. The molecule has 7 heteroatoms. The number of anilines is 1. The molecule has 1 aliphatic rings. The first-order chi connectivity index (χ1) is 9.85. The minimum atomic E-state index is -1.72. The number of hydrogen-bond acceptors (Lipinski definition) is 5. The number of aliphatic hydroxyl groups is 1. The first-order valence-electron chi connectivity index (χ1n) is 6.51. The van der Waals surface area contributed by atoms with Crippen LogP contribution in [0.25, 0.3) is 0 Å². The molecule has 1 atom stereocenters. The smallest absolute Gasteiger partial charge is 0.337 e. The quantitative estimate of drug-likeness (QED) is 0.604. The molecule has 1 fully saturated rings. The molecule has 0 bridgehead atoms. The molecule has 1 aliphatic heterocycles. The summed E-state index contributed by atoms with van der Waals surface area (Å²) in [7, 11) is 0. The van der Waals surface area contributed by atoms with E-state index >= 15 is 0 Å². The zero-order valence-corrected chi connectivity index (χ0v) is 11.5. The highest BCUT2D eigenvalue weighted by Gasteiger charge is 2.40. The van der Waals surface area contributed by atoms with Crippen LogP contribution in [0, 0.1) is 0 Å². The highest BCUT2D eigenvalue weighted by molar-refractivity contribution is 6.12. The second kappa shape index (κ2) is 5.63. The monoisotopic (exact) mass is 292 g/mol. The Morgan fingerprint density at radius 3 is 2.48 bits per heavy atom. The van der Waals surface area contributed by atoms with E-state index in [0.717, 1.165) is 0 Å². The van der Waals surface area contributed by atoms with E-state index in [1.807, 2.05) is 0 Å². The molecule has 112 valence electrons. The maximum atomic E-state index is 12.5. The lowest BCUT2D eigenvalue weighted by Crippen LogP contribution is -2.47. The van der Waals surface area contributed by atoms with Gasteiger partial charge in [0.1, 0.15) is 0 Å². The minimum Gasteiger partial charge on any atom is -0.478 e. The lowest BCUT2D eigenvalue weighted by Gasteiger charge is -2.23. The third kappa shape index (κ3) is 2.93. The molecule has 1 amide bonds. The Hall–Kier alpha value is -2.25. The number of para-hydroxylation sites is 1. The Morgan fingerprint density at radius 1 is 1.29 bits per heavy atom. The van der Waals surface area contributed by atoms with Gasteiger partial charge in [0, 0.05) is 12.5 Å². The molecule has 1 unspecified atom stereocenters. The summed E-state index contributed by atoms with van der Waals surface area (Å²) >= 11 is 0. The number of hydrogen-bond donors (Lipinski definition) is 4. The van der Waals surface area contributed by atoms with Crippen molar-refractivity contribution in [3.05, 3.63) is 29.3 Å². The molecule has 0 spiro atoms. The summed E-state index contributed by atoms with van der Waals surface area (Å²) in [5.41, 5.74) is -2.03. The van der Waals surface area contributed by atoms with Crippen molar-refractivity contribution >= 4 is 23.3 Å². The van der Waals surface area contributed by atoms with Gasteiger partial charge in [0.15, 0.2) is 5.72 Å². The van der Waals surface area contributed by atoms with Gasteiger partial charge < -0.3 is 15.5 Å². The van der Waals surface area contributed by atoms with E-state index in [9.17, 15) is 24.6 Å². The van der Waals surface area contributed by atoms with Gasteiger partial charge in [-0.1, -0.05) is 6.07 Å². The number of nitrogens with one attached hydrogen (secondary N) is 2. The van der Waals surface area contributed by atoms with Gasteiger partial charge in [0.05, 0.1) is 11.3 Å². The molecular formula is C14H16N2O5. The predicted molar refractivity (Wildman–Crippen MR) is 74.2 cm³/mol. The average molecular weight is 292 g/mol. The molecule has 0 radical (unpaired) electrons. The van der Waals surface area contributed by atoms with Crippen molar-refractivity contribution in [3.8, 4) is 0 Å². The van der Waals surface area contributed by atoms with E-state index in [-0.39, 0.29) is 23.2 Å². The van der Waals surface area contributed by atoms with Gasteiger partial charge in [-0.05, 0) is 31.5 Å². The van der Waals surface area contributed by atoms with Crippen molar-refractivity contribution in [2.24, 2.45) is 0 Å². The topological polar surface area (TPSA) is 116 Å². The number of aromatic carboxylic acids is 1. The second-order valence-corrected chi connectivity index (χ2v) is 4.93. The van der Waals surface area contributed by atoms with Gasteiger partial charge in [-0.3, -0.25) is 14.9 Å². The van der Waals surface area contributed by atoms with Crippen LogP contribution >= 0.6 is 0 Å². The first-order valence-corrected chi connectivity index (χ1v) is 6.51. The molecule has 2 rings (SSSR count). The molecule has 0 saturated carbocycles. The summed E-state index contributed by atoms with van der Waals surface area (Å²) in [6.45, 7) is 1.71. The standard InChI is InChI=1S/C14H16N2O5/c1-8(17)16-11-9(4-2-5-10(11)13(19)20)12(18)14(21)6-3-7-15-14/h2,4-5,15,21H,3,6-7H2,1H3,(H,16,17)(H,19,20). The number of carboxylic acid groups (broad SMARTS) is 1. The third-order valence-electron chi connectivity index (χ3n) is 3.35. The van der Waals surface area contributed by atoms with Crippen molar-refractivity contribution in [1.29, 1.82) is 0 Å².